The molecule has 0 bridgehead atoms. The molecule has 0 aliphatic heterocycles. The van der Waals surface area contributed by atoms with E-state index < -0.39 is 0 Å². The molecule has 0 unspecified atom stereocenters. The number of hydrogen-bond donors (Lipinski definition) is 1. The minimum atomic E-state index is -0.191. The van der Waals surface area contributed by atoms with Gasteiger partial charge in [-0.15, -0.1) is 0 Å². The van der Waals surface area contributed by atoms with Crippen LogP contribution in [0.4, 0.5) is 5.69 Å². The van der Waals surface area contributed by atoms with E-state index in [-0.39, 0.29) is 18.3 Å². The first kappa shape index (κ1) is 15.3. The van der Waals surface area contributed by atoms with Crippen LogP contribution in [0.1, 0.15) is 17.3 Å². The lowest BCUT2D eigenvalue weighted by atomic mass is 10.1. The number of halogens is 1. The summed E-state index contributed by atoms with van der Waals surface area (Å²) in [5.74, 6) is 0.136. The predicted octanol–water partition coefficient (Wildman–Crippen LogP) is 3.67. The quantitative estimate of drug-likeness (QED) is 0.839. The number of amides is 1. The van der Waals surface area contributed by atoms with Crippen LogP contribution in [0.3, 0.4) is 0 Å². The number of hydrogen-bond acceptors (Lipinski definition) is 3. The lowest BCUT2D eigenvalue weighted by molar-refractivity contribution is -0.114. The van der Waals surface area contributed by atoms with Crippen molar-refractivity contribution in [2.45, 2.75) is 6.92 Å². The molecule has 1 N–H and O–H groups in total. The van der Waals surface area contributed by atoms with Crippen LogP contribution in [0, 0.1) is 0 Å². The Hall–Kier alpha value is -2.14. The fourth-order valence-electron chi connectivity index (χ4n) is 1.79. The van der Waals surface area contributed by atoms with Gasteiger partial charge in [-0.2, -0.15) is 0 Å². The maximum Gasteiger partial charge on any atom is 0.221 e. The molecule has 0 heterocycles. The van der Waals surface area contributed by atoms with Crippen LogP contribution < -0.4 is 10.1 Å². The van der Waals surface area contributed by atoms with E-state index in [0.29, 0.717) is 17.0 Å². The minimum absolute atomic E-state index is 0.0980. The summed E-state index contributed by atoms with van der Waals surface area (Å²) in [5, 5.41) is 2.66. The molecule has 0 aliphatic carbocycles. The maximum atomic E-state index is 12.1. The van der Waals surface area contributed by atoms with Gasteiger partial charge in [-0.05, 0) is 18.2 Å². The Morgan fingerprint density at radius 1 is 1.10 bits per heavy atom. The summed E-state index contributed by atoms with van der Waals surface area (Å²) in [5.41, 5.74) is 1.11. The van der Waals surface area contributed by atoms with Crippen molar-refractivity contribution in [3.8, 4) is 5.75 Å². The highest BCUT2D eigenvalue weighted by molar-refractivity contribution is 9.10. The van der Waals surface area contributed by atoms with E-state index in [1.165, 1.54) is 6.92 Å². The van der Waals surface area contributed by atoms with Crippen LogP contribution in [-0.4, -0.2) is 18.3 Å². The van der Waals surface area contributed by atoms with Gasteiger partial charge in [0, 0.05) is 17.0 Å². The minimum Gasteiger partial charge on any atom is -0.483 e. The van der Waals surface area contributed by atoms with Crippen molar-refractivity contribution in [1.82, 2.24) is 0 Å². The topological polar surface area (TPSA) is 55.4 Å². The van der Waals surface area contributed by atoms with E-state index in [0.717, 1.165) is 4.47 Å². The maximum absolute atomic E-state index is 12.1. The number of rotatable bonds is 5. The van der Waals surface area contributed by atoms with E-state index in [9.17, 15) is 9.59 Å². The summed E-state index contributed by atoms with van der Waals surface area (Å²) in [6.45, 7) is 1.32. The van der Waals surface area contributed by atoms with Crippen molar-refractivity contribution in [2.75, 3.05) is 11.9 Å². The van der Waals surface area contributed by atoms with E-state index in [4.69, 9.17) is 4.74 Å². The Morgan fingerprint density at radius 3 is 2.48 bits per heavy atom. The largest absolute Gasteiger partial charge is 0.483 e. The van der Waals surface area contributed by atoms with Crippen LogP contribution in [0.2, 0.25) is 0 Å². The molecule has 5 heteroatoms. The summed E-state index contributed by atoms with van der Waals surface area (Å²) >= 11 is 3.34. The van der Waals surface area contributed by atoms with E-state index in [1.807, 2.05) is 6.07 Å². The van der Waals surface area contributed by atoms with Crippen LogP contribution in [0.5, 0.6) is 5.75 Å². The molecule has 2 aromatic rings. The second-order valence-corrected chi connectivity index (χ2v) is 5.22. The van der Waals surface area contributed by atoms with Gasteiger partial charge in [0.05, 0.1) is 5.69 Å². The molecule has 108 valence electrons. The first-order valence-corrected chi connectivity index (χ1v) is 7.14. The number of anilines is 1. The molecule has 0 aromatic heterocycles. The highest BCUT2D eigenvalue weighted by Gasteiger charge is 2.11. The highest BCUT2D eigenvalue weighted by Crippen LogP contribution is 2.24. The normalized spacial score (nSPS) is 10.0. The molecule has 21 heavy (non-hydrogen) atoms. The number of carbonyl (C=O) groups is 2. The Bertz CT molecular complexity index is 670. The molecular weight excluding hydrogens is 334 g/mol. The third-order valence-electron chi connectivity index (χ3n) is 2.73. The van der Waals surface area contributed by atoms with Gasteiger partial charge in [0.25, 0.3) is 0 Å². The molecule has 0 radical (unpaired) electrons. The van der Waals surface area contributed by atoms with E-state index in [2.05, 4.69) is 21.2 Å². The summed E-state index contributed by atoms with van der Waals surface area (Å²) in [6.07, 6.45) is 0. The highest BCUT2D eigenvalue weighted by atomic mass is 79.9. The lowest BCUT2D eigenvalue weighted by Crippen LogP contribution is -2.14. The molecule has 0 saturated carbocycles. The van der Waals surface area contributed by atoms with Gasteiger partial charge >= 0.3 is 0 Å². The van der Waals surface area contributed by atoms with Crippen LogP contribution in [-0.2, 0) is 4.79 Å². The number of carbonyl (C=O) groups excluding carboxylic acids is 2. The Balaban J connectivity index is 2.08. The molecular formula is C16H14BrNO3. The summed E-state index contributed by atoms with van der Waals surface area (Å²) in [4.78, 5) is 23.3. The van der Waals surface area contributed by atoms with Crippen LogP contribution >= 0.6 is 15.9 Å². The number of nitrogens with one attached hydrogen (secondary N) is 1. The van der Waals surface area contributed by atoms with Crippen molar-refractivity contribution in [1.29, 1.82) is 0 Å². The molecule has 0 atom stereocenters. The third-order valence-corrected chi connectivity index (χ3v) is 3.42. The molecule has 2 aromatic carbocycles. The molecule has 1 amide bonds. The second-order valence-electron chi connectivity index (χ2n) is 4.37. The van der Waals surface area contributed by atoms with Gasteiger partial charge in [0.2, 0.25) is 11.7 Å². The molecule has 2 rings (SSSR count). The third kappa shape index (κ3) is 4.16. The average molecular weight is 348 g/mol. The first-order valence-electron chi connectivity index (χ1n) is 6.35. The number of benzene rings is 2. The number of ketones is 1. The molecule has 0 saturated heterocycles. The zero-order valence-electron chi connectivity index (χ0n) is 11.4. The fourth-order valence-corrected chi connectivity index (χ4v) is 2.30. The van der Waals surface area contributed by atoms with Crippen molar-refractivity contribution in [3.05, 3.63) is 58.6 Å². The zero-order chi connectivity index (χ0) is 15.2. The van der Waals surface area contributed by atoms with Gasteiger partial charge in [-0.3, -0.25) is 9.59 Å². The van der Waals surface area contributed by atoms with Crippen molar-refractivity contribution in [3.63, 3.8) is 0 Å². The molecule has 0 aliphatic rings. The van der Waals surface area contributed by atoms with Gasteiger partial charge in [-0.1, -0.05) is 46.3 Å². The summed E-state index contributed by atoms with van der Waals surface area (Å²) in [7, 11) is 0. The van der Waals surface area contributed by atoms with Gasteiger partial charge in [0.15, 0.2) is 6.61 Å². The Labute approximate surface area is 131 Å². The lowest BCUT2D eigenvalue weighted by Gasteiger charge is -2.11. The Kier molecular flexibility index (Phi) is 5.11. The smallest absolute Gasteiger partial charge is 0.221 e. The number of Topliss-reactive ketones (excluding diaryl/α,β-unsaturated/α-hetero) is 1. The predicted molar refractivity (Wildman–Crippen MR) is 84.7 cm³/mol. The van der Waals surface area contributed by atoms with E-state index in [1.54, 1.807) is 42.5 Å². The number of ether oxygens (including phenoxy) is 1. The monoisotopic (exact) mass is 347 g/mol. The summed E-state index contributed by atoms with van der Waals surface area (Å²) < 4.78 is 6.25. The molecule has 0 spiro atoms. The van der Waals surface area contributed by atoms with Gasteiger partial charge < -0.3 is 10.1 Å². The van der Waals surface area contributed by atoms with Crippen molar-refractivity contribution < 1.29 is 14.3 Å². The van der Waals surface area contributed by atoms with Crippen molar-refractivity contribution in [2.24, 2.45) is 0 Å². The second kappa shape index (κ2) is 7.04. The standard InChI is InChI=1S/C16H14BrNO3/c1-11(19)18-14-8-4-5-9-16(14)21-10-15(20)12-6-2-3-7-13(12)17/h2-9H,10H2,1H3,(H,18,19). The Morgan fingerprint density at radius 2 is 1.76 bits per heavy atom. The summed E-state index contributed by atoms with van der Waals surface area (Å²) in [6, 6.07) is 14.2. The van der Waals surface area contributed by atoms with E-state index >= 15 is 0 Å². The van der Waals surface area contributed by atoms with Gasteiger partial charge in [0.1, 0.15) is 5.75 Å². The zero-order valence-corrected chi connectivity index (χ0v) is 13.0. The number of para-hydroxylation sites is 2. The first-order chi connectivity index (χ1) is 10.1. The van der Waals surface area contributed by atoms with Gasteiger partial charge in [-0.25, -0.2) is 0 Å². The fraction of sp³-hybridized carbons (Fsp3) is 0.125. The van der Waals surface area contributed by atoms with Crippen LogP contribution in [0.15, 0.2) is 53.0 Å². The molecule has 4 nitrogen and oxygen atoms in total. The average Bonchev–Trinajstić information content (AvgIpc) is 2.46. The molecule has 0 fully saturated rings. The SMILES string of the molecule is CC(=O)Nc1ccccc1OCC(=O)c1ccccc1Br. The van der Waals surface area contributed by atoms with Crippen LogP contribution in [0.25, 0.3) is 0 Å². The van der Waals surface area contributed by atoms with Crippen molar-refractivity contribution >= 4 is 33.3 Å².